The molecule has 9 nitrogen and oxygen atoms in total. The van der Waals surface area contributed by atoms with Crippen LogP contribution in [0.3, 0.4) is 0 Å². The summed E-state index contributed by atoms with van der Waals surface area (Å²) in [5, 5.41) is 12.5. The van der Waals surface area contributed by atoms with Crippen LogP contribution in [0.5, 0.6) is 0 Å². The van der Waals surface area contributed by atoms with E-state index in [1.165, 1.54) is 6.20 Å². The number of aromatic nitrogens is 4. The Bertz CT molecular complexity index is 1190. The topological polar surface area (TPSA) is 130 Å². The molecule has 2 aromatic heterocycles. The number of ether oxygens (including phenoxy) is 1. The van der Waals surface area contributed by atoms with Gasteiger partial charge in [0.05, 0.1) is 19.4 Å². The summed E-state index contributed by atoms with van der Waals surface area (Å²) in [6.07, 6.45) is 0.321. The highest BCUT2D eigenvalue weighted by Crippen LogP contribution is 2.15. The van der Waals surface area contributed by atoms with E-state index < -0.39 is 17.1 Å². The number of amides is 1. The monoisotopic (exact) mass is 421 g/mol. The summed E-state index contributed by atoms with van der Waals surface area (Å²) in [4.78, 5) is 39.2. The highest BCUT2D eigenvalue weighted by Gasteiger charge is 2.22. The number of carbonyl (C=O) groups excluding carboxylic acids is 1. The van der Waals surface area contributed by atoms with Crippen LogP contribution in [0, 0.1) is 17.3 Å². The number of carbonyl (C=O) groups is 1. The number of nitrogens with one attached hydrogen (secondary N) is 2. The number of aromatic amines is 1. The van der Waals surface area contributed by atoms with Gasteiger partial charge in [0, 0.05) is 5.41 Å². The Morgan fingerprint density at radius 1 is 1.26 bits per heavy atom. The number of hydrogen-bond acceptors (Lipinski definition) is 7. The molecule has 0 aliphatic rings. The first-order valence-corrected chi connectivity index (χ1v) is 9.62. The molecule has 160 valence electrons. The second kappa shape index (κ2) is 9.47. The van der Waals surface area contributed by atoms with E-state index >= 15 is 0 Å². The predicted molar refractivity (Wildman–Crippen MR) is 115 cm³/mol. The van der Waals surface area contributed by atoms with Gasteiger partial charge in [0.25, 0.3) is 5.56 Å². The van der Waals surface area contributed by atoms with Crippen LogP contribution in [0.15, 0.2) is 41.3 Å². The third-order valence-corrected chi connectivity index (χ3v) is 4.09. The maximum absolute atomic E-state index is 12.3. The molecule has 0 saturated carbocycles. The lowest BCUT2D eigenvalue weighted by atomic mass is 9.96. The minimum atomic E-state index is -1.02. The number of rotatable bonds is 5. The summed E-state index contributed by atoms with van der Waals surface area (Å²) in [5.41, 5.74) is 0.0450. The van der Waals surface area contributed by atoms with Crippen molar-refractivity contribution in [1.29, 1.82) is 0 Å². The maximum Gasteiger partial charge on any atom is 0.280 e. The molecule has 0 aliphatic carbocycles. The molecule has 0 unspecified atom stereocenters. The van der Waals surface area contributed by atoms with Crippen LogP contribution < -0.4 is 10.9 Å². The Morgan fingerprint density at radius 3 is 2.71 bits per heavy atom. The number of nitrogens with zero attached hydrogens (tertiary/aromatic N) is 3. The summed E-state index contributed by atoms with van der Waals surface area (Å²) in [6, 6.07) is 9.58. The number of H-pyrrole nitrogens is 1. The molecule has 3 aromatic rings. The first-order chi connectivity index (χ1) is 14.7. The molecule has 31 heavy (non-hydrogen) atoms. The molecule has 3 rings (SSSR count). The van der Waals surface area contributed by atoms with Crippen molar-refractivity contribution in [3.8, 4) is 11.8 Å². The van der Waals surface area contributed by atoms with E-state index in [-0.39, 0.29) is 35.3 Å². The quantitative estimate of drug-likeness (QED) is 0.534. The fourth-order valence-electron chi connectivity index (χ4n) is 2.39. The fraction of sp³-hybridized carbons (Fsp3) is 0.318. The fourth-order valence-corrected chi connectivity index (χ4v) is 2.39. The van der Waals surface area contributed by atoms with Crippen LogP contribution in [0.25, 0.3) is 11.2 Å². The number of hydrogen-bond donors (Lipinski definition) is 3. The average molecular weight is 421 g/mol. The van der Waals surface area contributed by atoms with Gasteiger partial charge >= 0.3 is 0 Å². The first-order valence-electron chi connectivity index (χ1n) is 9.62. The number of fused-ring (bicyclic) bond motifs is 1. The number of anilines is 1. The van der Waals surface area contributed by atoms with Crippen LogP contribution in [-0.4, -0.2) is 43.7 Å². The summed E-state index contributed by atoms with van der Waals surface area (Å²) >= 11 is 0. The Labute approximate surface area is 178 Å². The Kier molecular flexibility index (Phi) is 6.74. The van der Waals surface area contributed by atoms with Crippen molar-refractivity contribution in [3.05, 3.63) is 58.1 Å². The van der Waals surface area contributed by atoms with E-state index in [4.69, 9.17) is 4.74 Å². The first kappa shape index (κ1) is 22.1. The summed E-state index contributed by atoms with van der Waals surface area (Å²) in [6.45, 7) is 5.63. The summed E-state index contributed by atoms with van der Waals surface area (Å²) in [7, 11) is 0. The molecule has 0 saturated heterocycles. The third kappa shape index (κ3) is 6.18. The molecular formula is C22H23N5O4. The molecule has 0 aliphatic heterocycles. The van der Waals surface area contributed by atoms with Crippen molar-refractivity contribution in [2.75, 3.05) is 11.9 Å². The minimum Gasteiger partial charge on any atom is -0.378 e. The minimum absolute atomic E-state index is 0.00320. The van der Waals surface area contributed by atoms with E-state index in [0.717, 1.165) is 5.56 Å². The van der Waals surface area contributed by atoms with E-state index in [2.05, 4.69) is 37.1 Å². The zero-order chi connectivity index (χ0) is 22.4. The van der Waals surface area contributed by atoms with Crippen LogP contribution in [0.2, 0.25) is 0 Å². The van der Waals surface area contributed by atoms with Gasteiger partial charge in [-0.05, 0) is 11.5 Å². The smallest absolute Gasteiger partial charge is 0.280 e. The van der Waals surface area contributed by atoms with Crippen molar-refractivity contribution in [3.63, 3.8) is 0 Å². The predicted octanol–water partition coefficient (Wildman–Crippen LogP) is 1.63. The molecule has 1 amide bonds. The largest absolute Gasteiger partial charge is 0.378 e. The molecule has 1 aromatic carbocycles. The lowest BCUT2D eigenvalue weighted by Crippen LogP contribution is -2.29. The molecule has 0 bridgehead atoms. The highest BCUT2D eigenvalue weighted by atomic mass is 16.5. The molecule has 2 heterocycles. The summed E-state index contributed by atoms with van der Waals surface area (Å²) in [5.74, 6) is 4.99. The molecule has 3 N–H and O–H groups in total. The SMILES string of the molecule is CC(C)(C)C(=O)Nc1nc2ncc(C#C[C@@H](O)COCc3ccccc3)nc2c(=O)[nH]1. The second-order valence-electron chi connectivity index (χ2n) is 7.83. The van der Waals surface area contributed by atoms with Crippen molar-refractivity contribution in [2.45, 2.75) is 33.5 Å². The van der Waals surface area contributed by atoms with Crippen molar-refractivity contribution in [2.24, 2.45) is 5.41 Å². The molecular weight excluding hydrogens is 398 g/mol. The number of benzene rings is 1. The van der Waals surface area contributed by atoms with E-state index in [9.17, 15) is 14.7 Å². The molecule has 0 fully saturated rings. The lowest BCUT2D eigenvalue weighted by Gasteiger charge is -2.16. The van der Waals surface area contributed by atoms with Crippen LogP contribution in [-0.2, 0) is 16.1 Å². The molecule has 9 heteroatoms. The van der Waals surface area contributed by atoms with E-state index in [1.54, 1.807) is 20.8 Å². The lowest BCUT2D eigenvalue weighted by molar-refractivity contribution is -0.123. The van der Waals surface area contributed by atoms with Gasteiger partial charge in [-0.3, -0.25) is 19.9 Å². The molecule has 0 radical (unpaired) electrons. The molecule has 0 spiro atoms. The molecule has 1 atom stereocenters. The summed E-state index contributed by atoms with van der Waals surface area (Å²) < 4.78 is 5.44. The number of aliphatic hydroxyl groups excluding tert-OH is 1. The van der Waals surface area contributed by atoms with E-state index in [1.807, 2.05) is 30.3 Å². The average Bonchev–Trinajstić information content (AvgIpc) is 2.72. The Balaban J connectivity index is 1.67. The van der Waals surface area contributed by atoms with Gasteiger partial charge in [-0.1, -0.05) is 57.0 Å². The van der Waals surface area contributed by atoms with Crippen molar-refractivity contribution in [1.82, 2.24) is 19.9 Å². The standard InChI is InChI=1S/C22H23N5O4/c1-22(2,3)20(30)27-21-25-18-17(19(29)26-21)24-15(11-23-18)9-10-16(28)13-31-12-14-7-5-4-6-8-14/h4-8,11,16,28H,12-13H2,1-3H3,(H2,23,25,26,27,29,30)/t16-/m1/s1. The normalized spacial score (nSPS) is 12.1. The Hall–Kier alpha value is -3.61. The Morgan fingerprint density at radius 2 is 2.00 bits per heavy atom. The van der Waals surface area contributed by atoms with Gasteiger partial charge < -0.3 is 9.84 Å². The van der Waals surface area contributed by atoms with Crippen molar-refractivity contribution >= 4 is 23.0 Å². The van der Waals surface area contributed by atoms with E-state index in [0.29, 0.717) is 6.61 Å². The van der Waals surface area contributed by atoms with Crippen molar-refractivity contribution < 1.29 is 14.6 Å². The van der Waals surface area contributed by atoms with Gasteiger partial charge in [-0.2, -0.15) is 4.98 Å². The zero-order valence-electron chi connectivity index (χ0n) is 17.5. The van der Waals surface area contributed by atoms with Gasteiger partial charge in [0.15, 0.2) is 11.2 Å². The highest BCUT2D eigenvalue weighted by molar-refractivity contribution is 5.93. The van der Waals surface area contributed by atoms with Crippen LogP contribution in [0.1, 0.15) is 32.0 Å². The third-order valence-electron chi connectivity index (χ3n) is 4.09. The van der Waals surface area contributed by atoms with Gasteiger partial charge in [-0.15, -0.1) is 0 Å². The second-order valence-corrected chi connectivity index (χ2v) is 7.83. The van der Waals surface area contributed by atoms with Gasteiger partial charge in [-0.25, -0.2) is 9.97 Å². The van der Waals surface area contributed by atoms with Gasteiger partial charge in [0.1, 0.15) is 11.8 Å². The van der Waals surface area contributed by atoms with Crippen LogP contribution in [0.4, 0.5) is 5.95 Å². The van der Waals surface area contributed by atoms with Gasteiger partial charge in [0.2, 0.25) is 11.9 Å². The number of aliphatic hydroxyl groups is 1. The maximum atomic E-state index is 12.3. The van der Waals surface area contributed by atoms with Crippen LogP contribution >= 0.6 is 0 Å². The zero-order valence-corrected chi connectivity index (χ0v) is 17.5.